The summed E-state index contributed by atoms with van der Waals surface area (Å²) in [4.78, 5) is 37.1. The third-order valence-corrected chi connectivity index (χ3v) is 9.58. The number of likely N-dealkylation sites (tertiary alicyclic amines) is 1. The van der Waals surface area contributed by atoms with Crippen molar-refractivity contribution in [1.82, 2.24) is 15.2 Å². The van der Waals surface area contributed by atoms with E-state index in [1.807, 2.05) is 59.5 Å². The summed E-state index contributed by atoms with van der Waals surface area (Å²) in [5, 5.41) is 6.46. The van der Waals surface area contributed by atoms with Gasteiger partial charge < -0.3 is 25.3 Å². The van der Waals surface area contributed by atoms with Gasteiger partial charge in [0.2, 0.25) is 5.91 Å². The molecular weight excluding hydrogens is 629 g/mol. The van der Waals surface area contributed by atoms with Crippen molar-refractivity contribution in [3.63, 3.8) is 0 Å². The second-order valence-corrected chi connectivity index (χ2v) is 12.5. The van der Waals surface area contributed by atoms with Gasteiger partial charge in [-0.05, 0) is 72.5 Å². The van der Waals surface area contributed by atoms with Gasteiger partial charge in [0, 0.05) is 60.8 Å². The molecule has 3 aromatic carbocycles. The Morgan fingerprint density at radius 2 is 1.70 bits per heavy atom. The molecule has 4 heterocycles. The average molecular weight is 661 g/mol. The SMILES string of the molecule is O=C(c1cccc(-c2cnc3c(c2)N(Cc2cc(Cl)ccc2C(F)(F)F)CCN3)c1)N1CCC2(CC1)C(=O)NCN2c1ccccc1. The van der Waals surface area contributed by atoms with Crippen LogP contribution in [-0.4, -0.2) is 60.1 Å². The summed E-state index contributed by atoms with van der Waals surface area (Å²) in [6, 6.07) is 22.6. The monoisotopic (exact) mass is 660 g/mol. The van der Waals surface area contributed by atoms with Gasteiger partial charge in [-0.3, -0.25) is 9.59 Å². The Balaban J connectivity index is 1.10. The van der Waals surface area contributed by atoms with Crippen LogP contribution in [0.4, 0.5) is 30.4 Å². The predicted molar refractivity (Wildman–Crippen MR) is 175 cm³/mol. The summed E-state index contributed by atoms with van der Waals surface area (Å²) in [6.07, 6.45) is -1.79. The highest BCUT2D eigenvalue weighted by Crippen LogP contribution is 2.39. The number of hydrogen-bond donors (Lipinski definition) is 2. The Morgan fingerprint density at radius 3 is 2.47 bits per heavy atom. The number of rotatable bonds is 5. The zero-order chi connectivity index (χ0) is 32.8. The third-order valence-electron chi connectivity index (χ3n) is 9.34. The Kier molecular flexibility index (Phi) is 7.95. The lowest BCUT2D eigenvalue weighted by atomic mass is 9.85. The number of alkyl halides is 3. The molecule has 0 bridgehead atoms. The number of fused-ring (bicyclic) bond motifs is 1. The smallest absolute Gasteiger partial charge is 0.367 e. The second-order valence-electron chi connectivity index (χ2n) is 12.1. The van der Waals surface area contributed by atoms with E-state index in [-0.39, 0.29) is 28.9 Å². The maximum atomic E-state index is 13.8. The molecule has 3 aliphatic rings. The van der Waals surface area contributed by atoms with Crippen LogP contribution in [0, 0.1) is 0 Å². The molecule has 12 heteroatoms. The number of aromatic nitrogens is 1. The van der Waals surface area contributed by atoms with Crippen LogP contribution in [0.1, 0.15) is 34.3 Å². The third kappa shape index (κ3) is 5.84. The minimum atomic E-state index is -4.51. The van der Waals surface area contributed by atoms with Gasteiger partial charge in [-0.25, -0.2) is 4.98 Å². The van der Waals surface area contributed by atoms with Crippen molar-refractivity contribution in [3.05, 3.63) is 107 Å². The van der Waals surface area contributed by atoms with Crippen LogP contribution in [-0.2, 0) is 17.5 Å². The molecule has 1 aromatic heterocycles. The van der Waals surface area contributed by atoms with Crippen LogP contribution in [0.25, 0.3) is 11.1 Å². The first kappa shape index (κ1) is 30.9. The lowest BCUT2D eigenvalue weighted by Crippen LogP contribution is -2.57. The number of piperidine rings is 1. The quantitative estimate of drug-likeness (QED) is 0.257. The number of anilines is 3. The fraction of sp³-hybridized carbons (Fsp3) is 0.286. The van der Waals surface area contributed by atoms with Crippen LogP contribution >= 0.6 is 11.6 Å². The highest BCUT2D eigenvalue weighted by atomic mass is 35.5. The van der Waals surface area contributed by atoms with Crippen LogP contribution in [0.2, 0.25) is 5.02 Å². The fourth-order valence-corrected chi connectivity index (χ4v) is 7.08. The Morgan fingerprint density at radius 1 is 0.915 bits per heavy atom. The largest absolute Gasteiger partial charge is 0.416 e. The standard InChI is InChI=1S/C35H32ClF3N6O2/c36-27-9-10-29(35(37,38)39)26(18-27)21-44-16-13-40-31-30(44)19-25(20-41-31)23-5-4-6-24(17-23)32(46)43-14-11-34(12-15-43)33(47)42-22-45(34)28-7-2-1-3-8-28/h1-10,17-20H,11-16,21-22H2,(H,40,41)(H,42,47). The van der Waals surface area contributed by atoms with Gasteiger partial charge in [-0.2, -0.15) is 13.2 Å². The molecule has 0 atom stereocenters. The number of halogens is 4. The van der Waals surface area contributed by atoms with Gasteiger partial charge in [0.25, 0.3) is 5.91 Å². The normalized spacial score (nSPS) is 17.4. The summed E-state index contributed by atoms with van der Waals surface area (Å²) < 4.78 is 41.4. The van der Waals surface area contributed by atoms with Crippen LogP contribution in [0.3, 0.4) is 0 Å². The van der Waals surface area contributed by atoms with E-state index in [1.54, 1.807) is 17.2 Å². The number of amides is 2. The maximum Gasteiger partial charge on any atom is 0.416 e. The maximum absolute atomic E-state index is 13.8. The van der Waals surface area contributed by atoms with Gasteiger partial charge >= 0.3 is 6.18 Å². The van der Waals surface area contributed by atoms with E-state index in [1.165, 1.54) is 12.1 Å². The van der Waals surface area contributed by atoms with Gasteiger partial charge in [0.05, 0.1) is 17.9 Å². The molecule has 2 amide bonds. The predicted octanol–water partition coefficient (Wildman–Crippen LogP) is 6.42. The molecule has 7 rings (SSSR count). The molecule has 2 N–H and O–H groups in total. The minimum Gasteiger partial charge on any atom is -0.367 e. The van der Waals surface area contributed by atoms with Crippen molar-refractivity contribution in [2.75, 3.05) is 48.0 Å². The number of hydrogen-bond acceptors (Lipinski definition) is 6. The molecule has 0 unspecified atom stereocenters. The molecule has 47 heavy (non-hydrogen) atoms. The average Bonchev–Trinajstić information content (AvgIpc) is 3.39. The van der Waals surface area contributed by atoms with Crippen molar-refractivity contribution >= 4 is 40.6 Å². The van der Waals surface area contributed by atoms with E-state index >= 15 is 0 Å². The molecule has 4 aromatic rings. The molecule has 2 saturated heterocycles. The molecular formula is C35H32ClF3N6O2. The Bertz CT molecular complexity index is 1830. The Labute approximate surface area is 275 Å². The number of pyridine rings is 1. The first-order chi connectivity index (χ1) is 22.6. The van der Waals surface area contributed by atoms with Crippen molar-refractivity contribution in [1.29, 1.82) is 0 Å². The second kappa shape index (κ2) is 12.1. The summed E-state index contributed by atoms with van der Waals surface area (Å²) in [5.74, 6) is 0.440. The first-order valence-electron chi connectivity index (χ1n) is 15.5. The number of nitrogens with one attached hydrogen (secondary N) is 2. The zero-order valence-corrected chi connectivity index (χ0v) is 26.1. The Hall–Kier alpha value is -4.77. The van der Waals surface area contributed by atoms with E-state index in [9.17, 15) is 22.8 Å². The molecule has 3 aliphatic heterocycles. The van der Waals surface area contributed by atoms with E-state index in [4.69, 9.17) is 11.6 Å². The summed E-state index contributed by atoms with van der Waals surface area (Å²) in [6.45, 7) is 2.30. The number of nitrogens with zero attached hydrogens (tertiary/aromatic N) is 4. The fourth-order valence-electron chi connectivity index (χ4n) is 6.88. The van der Waals surface area contributed by atoms with E-state index in [2.05, 4.69) is 20.5 Å². The number of para-hydroxylation sites is 1. The van der Waals surface area contributed by atoms with Crippen molar-refractivity contribution < 1.29 is 22.8 Å². The molecule has 0 radical (unpaired) electrons. The van der Waals surface area contributed by atoms with E-state index in [0.717, 1.165) is 22.9 Å². The molecule has 8 nitrogen and oxygen atoms in total. The molecule has 1 spiro atoms. The van der Waals surface area contributed by atoms with Crippen LogP contribution < -0.4 is 20.4 Å². The van der Waals surface area contributed by atoms with Gasteiger partial charge in [-0.15, -0.1) is 0 Å². The van der Waals surface area contributed by atoms with E-state index < -0.39 is 17.3 Å². The molecule has 242 valence electrons. The first-order valence-corrected chi connectivity index (χ1v) is 15.9. The van der Waals surface area contributed by atoms with Crippen molar-refractivity contribution in [2.24, 2.45) is 0 Å². The summed E-state index contributed by atoms with van der Waals surface area (Å²) >= 11 is 6.09. The van der Waals surface area contributed by atoms with Crippen LogP contribution in [0.15, 0.2) is 85.1 Å². The number of carbonyl (C=O) groups excluding carboxylic acids is 2. The number of carbonyl (C=O) groups is 2. The highest BCUT2D eigenvalue weighted by Gasteiger charge is 2.50. The summed E-state index contributed by atoms with van der Waals surface area (Å²) in [7, 11) is 0. The molecule has 2 fully saturated rings. The van der Waals surface area contributed by atoms with Crippen LogP contribution in [0.5, 0.6) is 0 Å². The highest BCUT2D eigenvalue weighted by molar-refractivity contribution is 6.30. The number of benzene rings is 3. The van der Waals surface area contributed by atoms with Crippen molar-refractivity contribution in [2.45, 2.75) is 31.1 Å². The van der Waals surface area contributed by atoms with Gasteiger partial charge in [-0.1, -0.05) is 41.9 Å². The van der Waals surface area contributed by atoms with Gasteiger partial charge in [0.15, 0.2) is 0 Å². The minimum absolute atomic E-state index is 0.00389. The topological polar surface area (TPSA) is 80.8 Å². The lowest BCUT2D eigenvalue weighted by molar-refractivity contribution is -0.138. The molecule has 0 saturated carbocycles. The zero-order valence-electron chi connectivity index (χ0n) is 25.4. The summed E-state index contributed by atoms with van der Waals surface area (Å²) in [5.41, 5.74) is 2.30. The lowest BCUT2D eigenvalue weighted by Gasteiger charge is -2.43. The molecule has 0 aliphatic carbocycles. The van der Waals surface area contributed by atoms with Gasteiger partial charge in [0.1, 0.15) is 11.4 Å². The van der Waals surface area contributed by atoms with Crippen molar-refractivity contribution in [3.8, 4) is 11.1 Å². The van der Waals surface area contributed by atoms with E-state index in [0.29, 0.717) is 62.8 Å².